The van der Waals surface area contributed by atoms with Gasteiger partial charge >= 0.3 is 18.0 Å². The molecule has 1 aliphatic carbocycles. The average molecular weight is 577 g/mol. The fourth-order valence-corrected chi connectivity index (χ4v) is 8.25. The Morgan fingerprint density at radius 1 is 0.923 bits per heavy atom. The van der Waals surface area contributed by atoms with Crippen LogP contribution in [0.25, 0.3) is 0 Å². The highest BCUT2D eigenvalue weighted by molar-refractivity contribution is 7.92. The summed E-state index contributed by atoms with van der Waals surface area (Å²) >= 11 is 0. The van der Waals surface area contributed by atoms with Crippen LogP contribution in [0.15, 0.2) is 71.9 Å². The molecule has 4 nitrogen and oxygen atoms in total. The number of aryl methyl sites for hydroxylation is 1. The van der Waals surface area contributed by atoms with E-state index in [-0.39, 0.29) is 41.8 Å². The van der Waals surface area contributed by atoms with Gasteiger partial charge in [-0.05, 0) is 66.8 Å². The van der Waals surface area contributed by atoms with E-state index < -0.39 is 50.0 Å². The van der Waals surface area contributed by atoms with Crippen molar-refractivity contribution in [1.29, 1.82) is 0 Å². The monoisotopic (exact) mass is 576 g/mol. The number of sulfone groups is 1. The molecule has 1 aromatic heterocycles. The van der Waals surface area contributed by atoms with Gasteiger partial charge in [-0.3, -0.25) is 4.98 Å². The van der Waals surface area contributed by atoms with Gasteiger partial charge in [0.25, 0.3) is 0 Å². The average Bonchev–Trinajstić information content (AvgIpc) is 3.29. The second-order valence-electron chi connectivity index (χ2n) is 9.58. The molecule has 0 amide bonds. The Hall–Kier alpha value is -3.22. The molecule has 0 N–H and O–H groups in total. The number of benzene rings is 2. The Morgan fingerprint density at radius 3 is 2.18 bits per heavy atom. The molecule has 2 aromatic carbocycles. The molecule has 0 radical (unpaired) electrons. The molecule has 5 rings (SSSR count). The van der Waals surface area contributed by atoms with Gasteiger partial charge in [0.1, 0.15) is 10.6 Å². The third kappa shape index (κ3) is 3.91. The van der Waals surface area contributed by atoms with Gasteiger partial charge in [-0.1, -0.05) is 18.2 Å². The van der Waals surface area contributed by atoms with E-state index in [4.69, 9.17) is 0 Å². The van der Waals surface area contributed by atoms with Crippen molar-refractivity contribution < 1.29 is 43.5 Å². The molecule has 0 saturated carbocycles. The van der Waals surface area contributed by atoms with E-state index in [0.717, 1.165) is 30.3 Å². The maximum Gasteiger partial charge on any atom is 0.435 e. The summed E-state index contributed by atoms with van der Waals surface area (Å²) in [5, 5.41) is 0. The van der Waals surface area contributed by atoms with Crippen molar-refractivity contribution in [2.45, 2.75) is 53.0 Å². The smallest absolute Gasteiger partial charge is 0.365 e. The molecule has 208 valence electrons. The quantitative estimate of drug-likeness (QED) is 0.266. The minimum atomic E-state index is -6.31. The number of halogens is 8. The largest absolute Gasteiger partial charge is 0.435 e. The van der Waals surface area contributed by atoms with Crippen LogP contribution in [0, 0.1) is 5.82 Å². The van der Waals surface area contributed by atoms with E-state index >= 15 is 0 Å². The van der Waals surface area contributed by atoms with E-state index in [9.17, 15) is 43.5 Å². The van der Waals surface area contributed by atoms with Gasteiger partial charge in [0.15, 0.2) is 9.84 Å². The van der Waals surface area contributed by atoms with Gasteiger partial charge < -0.3 is 4.90 Å². The summed E-state index contributed by atoms with van der Waals surface area (Å²) in [4.78, 5) is 5.59. The number of rotatable bonds is 4. The molecule has 1 saturated heterocycles. The minimum Gasteiger partial charge on any atom is -0.365 e. The molecular formula is C26H20F8N2O2S. The summed E-state index contributed by atoms with van der Waals surface area (Å²) in [6.45, 7) is 0.177. The lowest BCUT2D eigenvalue weighted by Crippen LogP contribution is -2.52. The van der Waals surface area contributed by atoms with E-state index in [1.54, 1.807) is 17.0 Å². The van der Waals surface area contributed by atoms with Crippen LogP contribution in [0.1, 0.15) is 29.5 Å². The van der Waals surface area contributed by atoms with Crippen molar-refractivity contribution in [3.05, 3.63) is 89.5 Å². The fraction of sp³-hybridized carbons (Fsp3) is 0.346. The number of pyridine rings is 1. The van der Waals surface area contributed by atoms with Gasteiger partial charge in [-0.25, -0.2) is 17.2 Å². The molecular weight excluding hydrogens is 556 g/mol. The van der Waals surface area contributed by atoms with Crippen molar-refractivity contribution >= 4 is 15.5 Å². The lowest BCUT2D eigenvalue weighted by atomic mass is 9.76. The molecule has 2 heterocycles. The summed E-state index contributed by atoms with van der Waals surface area (Å²) in [5.74, 6) is -0.696. The maximum atomic E-state index is 14.9. The summed E-state index contributed by atoms with van der Waals surface area (Å²) in [7, 11) is -4.40. The Morgan fingerprint density at radius 2 is 1.59 bits per heavy atom. The zero-order valence-electron chi connectivity index (χ0n) is 19.9. The normalized spacial score (nSPS) is 21.9. The van der Waals surface area contributed by atoms with E-state index in [2.05, 4.69) is 4.98 Å². The SMILES string of the molecule is O=S(=O)(c1ccc(F)cc1)[C@@]12CCN(c3cccnc3)[C@@H]1CCc1cc(C(F)(C(F)(F)F)C(F)(F)F)ccc12. The van der Waals surface area contributed by atoms with Crippen LogP contribution in [0.2, 0.25) is 0 Å². The molecule has 3 aromatic rings. The zero-order valence-corrected chi connectivity index (χ0v) is 20.7. The standard InChI is InChI=1S/C26H20F8N2O2S/c27-18-5-7-20(8-6-18)39(37,38)23-11-13-36(19-2-1-12-35-15-19)22(23)10-3-16-14-17(4-9-21(16)23)24(28,25(29,30)31)26(32,33)34/h1-2,4-9,12,14-15,22H,3,10-11,13H2/t22-,23-/m1/s1. The summed E-state index contributed by atoms with van der Waals surface area (Å²) < 4.78 is 136. The predicted octanol–water partition coefficient (Wildman–Crippen LogP) is 6.40. The highest BCUT2D eigenvalue weighted by Gasteiger charge is 2.73. The Kier molecular flexibility index (Phi) is 6.24. The lowest BCUT2D eigenvalue weighted by molar-refractivity contribution is -0.348. The third-order valence-corrected chi connectivity index (χ3v) is 10.2. The Labute approximate surface area is 218 Å². The van der Waals surface area contributed by atoms with Crippen LogP contribution in [-0.2, 0) is 26.7 Å². The van der Waals surface area contributed by atoms with Crippen molar-refractivity contribution in [3.63, 3.8) is 0 Å². The minimum absolute atomic E-state index is 0.00934. The van der Waals surface area contributed by atoms with Gasteiger partial charge in [0, 0.05) is 18.3 Å². The molecule has 0 spiro atoms. The first kappa shape index (κ1) is 27.4. The molecule has 2 atom stereocenters. The summed E-state index contributed by atoms with van der Waals surface area (Å²) in [6.07, 6.45) is -9.72. The summed E-state index contributed by atoms with van der Waals surface area (Å²) in [5.41, 5.74) is -6.87. The first-order valence-electron chi connectivity index (χ1n) is 11.8. The van der Waals surface area contributed by atoms with Crippen LogP contribution >= 0.6 is 0 Å². The van der Waals surface area contributed by atoms with Gasteiger partial charge in [0.05, 0.1) is 22.8 Å². The van der Waals surface area contributed by atoms with Crippen LogP contribution in [0.4, 0.5) is 40.8 Å². The van der Waals surface area contributed by atoms with E-state index in [0.29, 0.717) is 17.8 Å². The highest BCUT2D eigenvalue weighted by atomic mass is 32.2. The van der Waals surface area contributed by atoms with Crippen molar-refractivity contribution in [1.82, 2.24) is 4.98 Å². The second-order valence-corrected chi connectivity index (χ2v) is 11.8. The van der Waals surface area contributed by atoms with E-state index in [1.165, 1.54) is 12.4 Å². The van der Waals surface area contributed by atoms with E-state index in [1.807, 2.05) is 0 Å². The lowest BCUT2D eigenvalue weighted by Gasteiger charge is -2.43. The Bertz CT molecular complexity index is 1480. The molecule has 0 bridgehead atoms. The fourth-order valence-electron chi connectivity index (χ4n) is 5.89. The second kappa shape index (κ2) is 8.90. The van der Waals surface area contributed by atoms with Crippen LogP contribution in [-0.4, -0.2) is 38.3 Å². The number of hydrogen-bond acceptors (Lipinski definition) is 4. The molecule has 0 unspecified atom stereocenters. The van der Waals surface area contributed by atoms with Crippen molar-refractivity contribution in [2.24, 2.45) is 0 Å². The molecule has 1 aliphatic heterocycles. The number of nitrogens with zero attached hydrogens (tertiary/aromatic N) is 2. The predicted molar refractivity (Wildman–Crippen MR) is 125 cm³/mol. The third-order valence-electron chi connectivity index (χ3n) is 7.65. The van der Waals surface area contributed by atoms with Gasteiger partial charge in [-0.15, -0.1) is 0 Å². The highest BCUT2D eigenvalue weighted by Crippen LogP contribution is 2.57. The number of hydrogen-bond donors (Lipinski definition) is 0. The maximum absolute atomic E-state index is 14.9. The molecule has 1 fully saturated rings. The molecule has 13 heteroatoms. The molecule has 39 heavy (non-hydrogen) atoms. The van der Waals surface area contributed by atoms with Crippen LogP contribution in [0.3, 0.4) is 0 Å². The van der Waals surface area contributed by atoms with Crippen molar-refractivity contribution in [2.75, 3.05) is 11.4 Å². The summed E-state index contributed by atoms with van der Waals surface area (Å²) in [6, 6.07) is 8.27. The van der Waals surface area contributed by atoms with Crippen LogP contribution < -0.4 is 4.90 Å². The van der Waals surface area contributed by atoms with Crippen molar-refractivity contribution in [3.8, 4) is 0 Å². The number of anilines is 1. The van der Waals surface area contributed by atoms with Gasteiger partial charge in [0.2, 0.25) is 0 Å². The number of aromatic nitrogens is 1. The first-order valence-corrected chi connectivity index (χ1v) is 13.3. The molecule has 2 aliphatic rings. The number of fused-ring (bicyclic) bond motifs is 3. The zero-order chi connectivity index (χ0) is 28.4. The van der Waals surface area contributed by atoms with Gasteiger partial charge in [-0.2, -0.15) is 26.3 Å². The Balaban J connectivity index is 1.73. The van der Waals surface area contributed by atoms with Crippen LogP contribution in [0.5, 0.6) is 0 Å². The number of alkyl halides is 7. The topological polar surface area (TPSA) is 50.3 Å². The first-order chi connectivity index (χ1) is 18.1.